The van der Waals surface area contributed by atoms with Crippen LogP contribution in [0.15, 0.2) is 89.9 Å². The van der Waals surface area contributed by atoms with Gasteiger partial charge in [-0.1, -0.05) is 60.7 Å². The predicted molar refractivity (Wildman–Crippen MR) is 161 cm³/mol. The molecule has 0 bridgehead atoms. The largest absolute Gasteiger partial charge is 0.497 e. The maximum Gasteiger partial charge on any atom is 0.468 e. The van der Waals surface area contributed by atoms with Gasteiger partial charge in [-0.2, -0.15) is 13.2 Å². The standard InChI is InChI=1S/C34H36F3NO8/c1-22(39)14-19-28(40)45-31-30(43-21-25-15-17-27(41-3)18-16-25)29(42-20-24-10-6-4-7-11-24)23(2)44-32(31)46-33(34(35,36)37)38-26-12-8-5-9-13-26/h4-13,15-18,23,29-32H,14,19-21H2,1-3H3/t23-,29-,30+,31+,32-/m0/s1. The van der Waals surface area contributed by atoms with Gasteiger partial charge in [0.1, 0.15) is 23.7 Å². The van der Waals surface area contributed by atoms with Gasteiger partial charge in [0, 0.05) is 6.42 Å². The number of nitrogens with zero attached hydrogens (tertiary/aromatic N) is 1. The first-order chi connectivity index (χ1) is 22.0. The molecular weight excluding hydrogens is 607 g/mol. The van der Waals surface area contributed by atoms with Crippen LogP contribution in [-0.4, -0.2) is 61.6 Å². The molecule has 1 saturated heterocycles. The number of halogens is 3. The molecule has 0 aliphatic carbocycles. The number of carbonyl (C=O) groups is 2. The van der Waals surface area contributed by atoms with Gasteiger partial charge >= 0.3 is 12.1 Å². The first-order valence-electron chi connectivity index (χ1n) is 14.7. The molecule has 1 heterocycles. The summed E-state index contributed by atoms with van der Waals surface area (Å²) in [5.74, 6) is -2.08. The number of Topliss-reactive ketones (excluding diaryl/α,β-unsaturated/α-hetero) is 1. The van der Waals surface area contributed by atoms with Gasteiger partial charge in [0.15, 0.2) is 6.10 Å². The number of methoxy groups -OCH3 is 1. The number of ketones is 1. The zero-order valence-electron chi connectivity index (χ0n) is 25.6. The Labute approximate surface area is 265 Å². The molecule has 12 heteroatoms. The number of para-hydroxylation sites is 1. The molecule has 0 spiro atoms. The molecule has 0 unspecified atom stereocenters. The molecule has 0 aromatic heterocycles. The van der Waals surface area contributed by atoms with E-state index in [4.69, 9.17) is 28.4 Å². The first kappa shape index (κ1) is 34.6. The lowest BCUT2D eigenvalue weighted by Gasteiger charge is -2.44. The van der Waals surface area contributed by atoms with E-state index in [2.05, 4.69) is 4.99 Å². The smallest absolute Gasteiger partial charge is 0.468 e. The molecule has 246 valence electrons. The Morgan fingerprint density at radius 3 is 1.96 bits per heavy atom. The molecule has 9 nitrogen and oxygen atoms in total. The molecule has 3 aromatic rings. The lowest BCUT2D eigenvalue weighted by molar-refractivity contribution is -0.299. The van der Waals surface area contributed by atoms with Crippen LogP contribution in [0.4, 0.5) is 18.9 Å². The van der Waals surface area contributed by atoms with Gasteiger partial charge in [0.05, 0.1) is 38.5 Å². The lowest BCUT2D eigenvalue weighted by Crippen LogP contribution is -2.61. The number of aliphatic imine (C=N–C) groups is 1. The molecular formula is C34H36F3NO8. The Hall–Kier alpha value is -4.26. The van der Waals surface area contributed by atoms with Crippen molar-refractivity contribution in [1.29, 1.82) is 0 Å². The van der Waals surface area contributed by atoms with Crippen molar-refractivity contribution in [3.05, 3.63) is 96.1 Å². The number of hydrogen-bond donors (Lipinski definition) is 0. The third-order valence-electron chi connectivity index (χ3n) is 7.02. The number of hydrogen-bond acceptors (Lipinski definition) is 9. The molecule has 5 atom stereocenters. The zero-order valence-corrected chi connectivity index (χ0v) is 25.6. The Kier molecular flexibility index (Phi) is 12.3. The second-order valence-electron chi connectivity index (χ2n) is 10.6. The molecule has 4 rings (SSSR count). The van der Waals surface area contributed by atoms with Crippen molar-refractivity contribution in [3.63, 3.8) is 0 Å². The van der Waals surface area contributed by atoms with Gasteiger partial charge in [0.25, 0.3) is 5.90 Å². The van der Waals surface area contributed by atoms with Crippen molar-refractivity contribution < 1.29 is 51.2 Å². The second kappa shape index (κ2) is 16.3. The summed E-state index contributed by atoms with van der Waals surface area (Å²) in [5.41, 5.74) is 1.53. The molecule has 0 radical (unpaired) electrons. The Morgan fingerprint density at radius 1 is 0.783 bits per heavy atom. The maximum absolute atomic E-state index is 14.2. The highest BCUT2D eigenvalue weighted by Gasteiger charge is 2.52. The SMILES string of the molecule is COc1ccc(CO[C@@H]2[C@@H](OCc3ccccc3)[C@H](C)O[C@@H](OC(=Nc3ccccc3)C(F)(F)F)[C@@H]2OC(=O)CCC(C)=O)cc1. The minimum atomic E-state index is -5.02. The minimum Gasteiger partial charge on any atom is -0.497 e. The topological polar surface area (TPSA) is 102 Å². The van der Waals surface area contributed by atoms with Crippen molar-refractivity contribution in [2.45, 2.75) is 76.8 Å². The van der Waals surface area contributed by atoms with Crippen LogP contribution in [-0.2, 0) is 46.5 Å². The fraction of sp³-hybridized carbons (Fsp3) is 0.382. The number of esters is 1. The fourth-order valence-corrected chi connectivity index (χ4v) is 4.67. The van der Waals surface area contributed by atoms with Gasteiger partial charge < -0.3 is 33.2 Å². The predicted octanol–water partition coefficient (Wildman–Crippen LogP) is 6.50. The molecule has 0 amide bonds. The van der Waals surface area contributed by atoms with E-state index >= 15 is 0 Å². The normalized spacial score (nSPS) is 21.8. The Bertz CT molecular complexity index is 1430. The van der Waals surface area contributed by atoms with E-state index in [1.807, 2.05) is 30.3 Å². The van der Waals surface area contributed by atoms with Gasteiger partial charge in [-0.15, -0.1) is 0 Å². The molecule has 46 heavy (non-hydrogen) atoms. The summed E-state index contributed by atoms with van der Waals surface area (Å²) in [5, 5.41) is 0. The average Bonchev–Trinajstić information content (AvgIpc) is 3.04. The molecule has 1 aliphatic rings. The number of ether oxygens (including phenoxy) is 6. The molecule has 3 aromatic carbocycles. The Morgan fingerprint density at radius 2 is 1.37 bits per heavy atom. The summed E-state index contributed by atoms with van der Waals surface area (Å²) in [4.78, 5) is 28.2. The summed E-state index contributed by atoms with van der Waals surface area (Å²) in [6.07, 6.45) is -11.7. The summed E-state index contributed by atoms with van der Waals surface area (Å²) < 4.78 is 77.5. The van der Waals surface area contributed by atoms with Crippen LogP contribution < -0.4 is 4.74 Å². The first-order valence-corrected chi connectivity index (χ1v) is 14.7. The van der Waals surface area contributed by atoms with E-state index in [0.29, 0.717) is 11.3 Å². The molecule has 0 N–H and O–H groups in total. The van der Waals surface area contributed by atoms with E-state index in [9.17, 15) is 22.8 Å². The minimum absolute atomic E-state index is 0.00920. The van der Waals surface area contributed by atoms with Crippen molar-refractivity contribution in [3.8, 4) is 5.75 Å². The molecule has 1 fully saturated rings. The summed E-state index contributed by atoms with van der Waals surface area (Å²) in [6, 6.07) is 23.7. The summed E-state index contributed by atoms with van der Waals surface area (Å²) in [6.45, 7) is 3.01. The highest BCUT2D eigenvalue weighted by molar-refractivity contribution is 5.84. The number of carbonyl (C=O) groups excluding carboxylic acids is 2. The van der Waals surface area contributed by atoms with E-state index in [1.54, 1.807) is 37.3 Å². The third-order valence-corrected chi connectivity index (χ3v) is 7.02. The number of rotatable bonds is 13. The van der Waals surface area contributed by atoms with Crippen LogP contribution in [0.5, 0.6) is 5.75 Å². The van der Waals surface area contributed by atoms with E-state index in [-0.39, 0.29) is 37.5 Å². The number of alkyl halides is 3. The van der Waals surface area contributed by atoms with Crippen molar-refractivity contribution in [2.75, 3.05) is 7.11 Å². The van der Waals surface area contributed by atoms with Gasteiger partial charge in [-0.25, -0.2) is 4.99 Å². The summed E-state index contributed by atoms with van der Waals surface area (Å²) >= 11 is 0. The monoisotopic (exact) mass is 643 g/mol. The Balaban J connectivity index is 1.69. The van der Waals surface area contributed by atoms with Crippen molar-refractivity contribution >= 4 is 23.3 Å². The highest BCUT2D eigenvalue weighted by atomic mass is 19.4. The van der Waals surface area contributed by atoms with Gasteiger partial charge in [-0.3, -0.25) is 4.79 Å². The highest BCUT2D eigenvalue weighted by Crippen LogP contribution is 2.33. The quantitative estimate of drug-likeness (QED) is 0.118. The van der Waals surface area contributed by atoms with Gasteiger partial charge in [0.2, 0.25) is 6.29 Å². The second-order valence-corrected chi connectivity index (χ2v) is 10.6. The van der Waals surface area contributed by atoms with E-state index in [0.717, 1.165) is 5.56 Å². The van der Waals surface area contributed by atoms with E-state index in [1.165, 1.54) is 38.3 Å². The van der Waals surface area contributed by atoms with Crippen LogP contribution in [0.3, 0.4) is 0 Å². The van der Waals surface area contributed by atoms with Crippen LogP contribution in [0.25, 0.3) is 0 Å². The zero-order chi connectivity index (χ0) is 33.1. The van der Waals surface area contributed by atoms with Crippen molar-refractivity contribution in [1.82, 2.24) is 0 Å². The molecule has 0 saturated carbocycles. The molecule has 1 aliphatic heterocycles. The summed E-state index contributed by atoms with van der Waals surface area (Å²) in [7, 11) is 1.53. The van der Waals surface area contributed by atoms with Crippen LogP contribution in [0.2, 0.25) is 0 Å². The maximum atomic E-state index is 14.2. The van der Waals surface area contributed by atoms with Gasteiger partial charge in [-0.05, 0) is 49.2 Å². The third kappa shape index (κ3) is 10.1. The van der Waals surface area contributed by atoms with Crippen LogP contribution >= 0.6 is 0 Å². The van der Waals surface area contributed by atoms with Crippen LogP contribution in [0.1, 0.15) is 37.8 Å². The fourth-order valence-electron chi connectivity index (χ4n) is 4.67. The van der Waals surface area contributed by atoms with E-state index < -0.39 is 48.7 Å². The van der Waals surface area contributed by atoms with Crippen LogP contribution in [0, 0.1) is 0 Å². The lowest BCUT2D eigenvalue weighted by atomic mass is 9.98. The van der Waals surface area contributed by atoms with Crippen molar-refractivity contribution in [2.24, 2.45) is 4.99 Å². The number of benzene rings is 3. The average molecular weight is 644 g/mol.